The van der Waals surface area contributed by atoms with Crippen molar-refractivity contribution >= 4 is 27.3 Å². The van der Waals surface area contributed by atoms with E-state index in [1.54, 1.807) is 24.6 Å². The summed E-state index contributed by atoms with van der Waals surface area (Å²) in [6.07, 6.45) is 5.10. The average molecular weight is 412 g/mol. The number of fused-ring (bicyclic) bond motifs is 1. The zero-order chi connectivity index (χ0) is 19.3. The standard InChI is InChI=1S/C17H25N5O3S2/c1-21(27(24,25)17-9-6-12-26-17)10-5-8-16(23)18-13-15-20-19-14-7-3-2-4-11-22(14)15/h6,9,12H,2-5,7-8,10-11,13H2,1H3,(H,18,23). The quantitative estimate of drug-likeness (QED) is 0.714. The SMILES string of the molecule is CN(CCCC(=O)NCc1nnc2n1CCCCC2)S(=O)(=O)c1cccs1. The van der Waals surface area contributed by atoms with Gasteiger partial charge in [-0.15, -0.1) is 21.5 Å². The second-order valence-electron chi connectivity index (χ2n) is 6.63. The number of aromatic nitrogens is 3. The predicted molar refractivity (Wildman–Crippen MR) is 103 cm³/mol. The van der Waals surface area contributed by atoms with Crippen molar-refractivity contribution in [2.45, 2.75) is 55.8 Å². The highest BCUT2D eigenvalue weighted by Gasteiger charge is 2.21. The Morgan fingerprint density at radius 1 is 1.33 bits per heavy atom. The van der Waals surface area contributed by atoms with Gasteiger partial charge in [-0.3, -0.25) is 4.79 Å². The molecule has 0 aliphatic carbocycles. The topological polar surface area (TPSA) is 97.2 Å². The number of aryl methyl sites for hydroxylation is 1. The monoisotopic (exact) mass is 411 g/mol. The van der Waals surface area contributed by atoms with Crippen LogP contribution in [0.4, 0.5) is 0 Å². The van der Waals surface area contributed by atoms with E-state index in [1.807, 2.05) is 0 Å². The van der Waals surface area contributed by atoms with Crippen LogP contribution >= 0.6 is 11.3 Å². The summed E-state index contributed by atoms with van der Waals surface area (Å²) in [5.41, 5.74) is 0. The number of amides is 1. The minimum atomic E-state index is -3.46. The Morgan fingerprint density at radius 3 is 2.96 bits per heavy atom. The van der Waals surface area contributed by atoms with Gasteiger partial charge in [0.05, 0.1) is 6.54 Å². The summed E-state index contributed by atoms with van der Waals surface area (Å²) in [6, 6.07) is 3.30. The maximum atomic E-state index is 12.3. The number of rotatable bonds is 8. The molecule has 8 nitrogen and oxygen atoms in total. The highest BCUT2D eigenvalue weighted by atomic mass is 32.2. The van der Waals surface area contributed by atoms with E-state index in [9.17, 15) is 13.2 Å². The normalized spacial score (nSPS) is 14.7. The number of hydrogen-bond acceptors (Lipinski definition) is 6. The third kappa shape index (κ3) is 4.94. The summed E-state index contributed by atoms with van der Waals surface area (Å²) in [5.74, 6) is 1.68. The van der Waals surface area contributed by atoms with Gasteiger partial charge in [0.1, 0.15) is 10.0 Å². The summed E-state index contributed by atoms with van der Waals surface area (Å²) >= 11 is 1.19. The van der Waals surface area contributed by atoms with Crippen molar-refractivity contribution in [2.75, 3.05) is 13.6 Å². The van der Waals surface area contributed by atoms with E-state index in [0.717, 1.165) is 37.5 Å². The Morgan fingerprint density at radius 2 is 2.19 bits per heavy atom. The van der Waals surface area contributed by atoms with Crippen LogP contribution in [0.3, 0.4) is 0 Å². The van der Waals surface area contributed by atoms with E-state index in [1.165, 1.54) is 22.1 Å². The Kier molecular flexibility index (Phi) is 6.61. The Bertz CT molecular complexity index is 861. The van der Waals surface area contributed by atoms with Crippen LogP contribution in [0.5, 0.6) is 0 Å². The molecule has 0 aromatic carbocycles. The number of sulfonamides is 1. The van der Waals surface area contributed by atoms with Gasteiger partial charge in [-0.1, -0.05) is 12.5 Å². The van der Waals surface area contributed by atoms with Crippen molar-refractivity contribution in [1.29, 1.82) is 0 Å². The minimum Gasteiger partial charge on any atom is -0.349 e. The van der Waals surface area contributed by atoms with Crippen molar-refractivity contribution in [3.8, 4) is 0 Å². The fraction of sp³-hybridized carbons (Fsp3) is 0.588. The molecule has 1 amide bonds. The van der Waals surface area contributed by atoms with Crippen LogP contribution in [0.1, 0.15) is 43.8 Å². The largest absolute Gasteiger partial charge is 0.349 e. The Hall–Kier alpha value is -1.78. The van der Waals surface area contributed by atoms with Crippen LogP contribution in [0, 0.1) is 0 Å². The fourth-order valence-electron chi connectivity index (χ4n) is 3.09. The maximum Gasteiger partial charge on any atom is 0.252 e. The van der Waals surface area contributed by atoms with Gasteiger partial charge < -0.3 is 9.88 Å². The third-order valence-electron chi connectivity index (χ3n) is 4.67. The van der Waals surface area contributed by atoms with E-state index in [0.29, 0.717) is 23.7 Å². The zero-order valence-corrected chi connectivity index (χ0v) is 17.1. The van der Waals surface area contributed by atoms with Gasteiger partial charge in [0, 0.05) is 33.0 Å². The number of carbonyl (C=O) groups excluding carboxylic acids is 1. The number of nitrogens with one attached hydrogen (secondary N) is 1. The van der Waals surface area contributed by atoms with Crippen LogP contribution in [0.25, 0.3) is 0 Å². The minimum absolute atomic E-state index is 0.108. The molecule has 1 aliphatic heterocycles. The van der Waals surface area contributed by atoms with E-state index < -0.39 is 10.0 Å². The lowest BCUT2D eigenvalue weighted by Gasteiger charge is -2.15. The molecule has 2 aromatic rings. The van der Waals surface area contributed by atoms with Crippen LogP contribution in [0.15, 0.2) is 21.7 Å². The van der Waals surface area contributed by atoms with Crippen molar-refractivity contribution in [3.05, 3.63) is 29.2 Å². The first-order chi connectivity index (χ1) is 13.0. The molecule has 1 N–H and O–H groups in total. The molecule has 148 valence electrons. The molecule has 1 aliphatic rings. The van der Waals surface area contributed by atoms with Crippen molar-refractivity contribution in [2.24, 2.45) is 0 Å². The summed E-state index contributed by atoms with van der Waals surface area (Å²) in [5, 5.41) is 13.0. The van der Waals surface area contributed by atoms with Crippen LogP contribution in [-0.4, -0.2) is 47.0 Å². The van der Waals surface area contributed by atoms with E-state index >= 15 is 0 Å². The molecule has 0 radical (unpaired) electrons. The lowest BCUT2D eigenvalue weighted by Crippen LogP contribution is -2.29. The van der Waals surface area contributed by atoms with Gasteiger partial charge in [0.2, 0.25) is 5.91 Å². The maximum absolute atomic E-state index is 12.3. The molecule has 0 bridgehead atoms. The molecule has 3 rings (SSSR count). The molecule has 0 spiro atoms. The molecule has 3 heterocycles. The highest BCUT2D eigenvalue weighted by molar-refractivity contribution is 7.91. The second kappa shape index (κ2) is 8.94. The van der Waals surface area contributed by atoms with Gasteiger partial charge in [0.25, 0.3) is 10.0 Å². The Labute approximate surface area is 163 Å². The van der Waals surface area contributed by atoms with Crippen LogP contribution in [0.2, 0.25) is 0 Å². The second-order valence-corrected chi connectivity index (χ2v) is 9.85. The van der Waals surface area contributed by atoms with Gasteiger partial charge in [0.15, 0.2) is 5.82 Å². The summed E-state index contributed by atoms with van der Waals surface area (Å²) in [7, 11) is -1.92. The number of carbonyl (C=O) groups is 1. The summed E-state index contributed by atoms with van der Waals surface area (Å²) in [4.78, 5) is 12.1. The molecule has 0 unspecified atom stereocenters. The van der Waals surface area contributed by atoms with Gasteiger partial charge in [-0.05, 0) is 30.7 Å². The predicted octanol–water partition coefficient (Wildman–Crippen LogP) is 1.78. The lowest BCUT2D eigenvalue weighted by molar-refractivity contribution is -0.121. The molecule has 27 heavy (non-hydrogen) atoms. The van der Waals surface area contributed by atoms with Crippen molar-refractivity contribution in [1.82, 2.24) is 24.4 Å². The smallest absolute Gasteiger partial charge is 0.252 e. The van der Waals surface area contributed by atoms with Crippen LogP contribution < -0.4 is 5.32 Å². The molecule has 0 fully saturated rings. The molecular weight excluding hydrogens is 386 g/mol. The molecule has 0 saturated carbocycles. The van der Waals surface area contributed by atoms with Gasteiger partial charge >= 0.3 is 0 Å². The first kappa shape index (κ1) is 20.0. The lowest BCUT2D eigenvalue weighted by atomic mass is 10.2. The average Bonchev–Trinajstić information content (AvgIpc) is 3.26. The van der Waals surface area contributed by atoms with E-state index in [4.69, 9.17) is 0 Å². The highest BCUT2D eigenvalue weighted by Crippen LogP contribution is 2.20. The van der Waals surface area contributed by atoms with Gasteiger partial charge in [-0.25, -0.2) is 12.7 Å². The van der Waals surface area contributed by atoms with Crippen molar-refractivity contribution in [3.63, 3.8) is 0 Å². The molecule has 2 aromatic heterocycles. The Balaban J connectivity index is 1.43. The van der Waals surface area contributed by atoms with Crippen LogP contribution in [-0.2, 0) is 34.3 Å². The molecular formula is C17H25N5O3S2. The summed E-state index contributed by atoms with van der Waals surface area (Å²) < 4.78 is 28.4. The third-order valence-corrected chi connectivity index (χ3v) is 7.90. The fourth-order valence-corrected chi connectivity index (χ4v) is 5.50. The van der Waals surface area contributed by atoms with Gasteiger partial charge in [-0.2, -0.15) is 0 Å². The first-order valence-electron chi connectivity index (χ1n) is 9.16. The van der Waals surface area contributed by atoms with E-state index in [-0.39, 0.29) is 12.3 Å². The molecule has 0 atom stereocenters. The number of nitrogens with zero attached hydrogens (tertiary/aromatic N) is 4. The first-order valence-corrected chi connectivity index (χ1v) is 11.5. The summed E-state index contributed by atoms with van der Waals surface area (Å²) in [6.45, 7) is 1.56. The number of thiophene rings is 1. The number of hydrogen-bond donors (Lipinski definition) is 1. The molecule has 0 saturated heterocycles. The molecule has 10 heteroatoms. The zero-order valence-electron chi connectivity index (χ0n) is 15.4. The van der Waals surface area contributed by atoms with Crippen molar-refractivity contribution < 1.29 is 13.2 Å². The van der Waals surface area contributed by atoms with E-state index in [2.05, 4.69) is 20.1 Å².